The molecule has 0 amide bonds. The first-order chi connectivity index (χ1) is 6.59. The maximum absolute atomic E-state index is 12.5. The van der Waals surface area contributed by atoms with Crippen molar-refractivity contribution in [1.82, 2.24) is 0 Å². The molecule has 0 saturated heterocycles. The maximum Gasteiger partial charge on any atom is 0.123 e. The number of carbonyl (C=O) groups is 1. The van der Waals surface area contributed by atoms with Gasteiger partial charge >= 0.3 is 0 Å². The summed E-state index contributed by atoms with van der Waals surface area (Å²) in [5, 5.41) is 19.6. The van der Waals surface area contributed by atoms with Gasteiger partial charge in [-0.05, 0) is 30.5 Å². The molecule has 3 nitrogen and oxygen atoms in total. The summed E-state index contributed by atoms with van der Waals surface area (Å²) in [6.07, 6.45) is -1.01. The fraction of sp³-hybridized carbons (Fsp3) is 0.300. The average Bonchev–Trinajstić information content (AvgIpc) is 2.15. The Kier molecular flexibility index (Phi) is 3.59. The minimum absolute atomic E-state index is 0.0773. The summed E-state index contributed by atoms with van der Waals surface area (Å²) in [6, 6.07) is 5.29. The zero-order valence-electron chi connectivity index (χ0n) is 7.44. The van der Waals surface area contributed by atoms with Crippen molar-refractivity contribution in [3.63, 3.8) is 0 Å². The molecule has 0 saturated carbocycles. The highest BCUT2D eigenvalue weighted by Crippen LogP contribution is 2.17. The normalized spacial score (nSPS) is 12.4. The topological polar surface area (TPSA) is 60.4 Å². The molecule has 0 heterocycles. The Bertz CT molecular complexity index is 308. The molecule has 1 aromatic rings. The van der Waals surface area contributed by atoms with Crippen molar-refractivity contribution < 1.29 is 19.4 Å². The van der Waals surface area contributed by atoms with Crippen LogP contribution in [0.1, 0.15) is 24.5 Å². The Morgan fingerprint density at radius 2 is 2.00 bits per heavy atom. The van der Waals surface area contributed by atoms with Crippen LogP contribution in [0.3, 0.4) is 0 Å². The second-order valence-electron chi connectivity index (χ2n) is 2.98. The molecule has 0 unspecified atom stereocenters. The van der Waals surface area contributed by atoms with Gasteiger partial charge in [-0.25, -0.2) is 4.39 Å². The molecule has 0 fully saturated rings. The molecular weight excluding hydrogens is 187 g/mol. The van der Waals surface area contributed by atoms with Crippen LogP contribution in [0.15, 0.2) is 24.3 Å². The lowest BCUT2D eigenvalue weighted by Crippen LogP contribution is -2.22. The highest BCUT2D eigenvalue weighted by Gasteiger charge is 2.06. The van der Waals surface area contributed by atoms with Crippen LogP contribution in [-0.4, -0.2) is 11.1 Å². The number of carboxylic acids is 1. The van der Waals surface area contributed by atoms with Crippen LogP contribution in [0.5, 0.6) is 0 Å². The molecule has 1 atom stereocenters. The van der Waals surface area contributed by atoms with E-state index in [0.717, 1.165) is 0 Å². The van der Waals surface area contributed by atoms with Crippen LogP contribution in [0.25, 0.3) is 0 Å². The van der Waals surface area contributed by atoms with E-state index >= 15 is 0 Å². The van der Waals surface area contributed by atoms with Gasteiger partial charge < -0.3 is 15.0 Å². The van der Waals surface area contributed by atoms with E-state index in [1.54, 1.807) is 0 Å². The van der Waals surface area contributed by atoms with E-state index in [0.29, 0.717) is 5.56 Å². The van der Waals surface area contributed by atoms with Gasteiger partial charge in [0.2, 0.25) is 0 Å². The minimum Gasteiger partial charge on any atom is -0.550 e. The van der Waals surface area contributed by atoms with Gasteiger partial charge in [-0.3, -0.25) is 0 Å². The summed E-state index contributed by atoms with van der Waals surface area (Å²) >= 11 is 0. The summed E-state index contributed by atoms with van der Waals surface area (Å²) in [6.45, 7) is 0. The Hall–Kier alpha value is -1.42. The van der Waals surface area contributed by atoms with Crippen molar-refractivity contribution in [3.8, 4) is 0 Å². The number of rotatable bonds is 4. The van der Waals surface area contributed by atoms with Gasteiger partial charge in [-0.2, -0.15) is 0 Å². The fourth-order valence-electron chi connectivity index (χ4n) is 1.11. The number of hydrogen-bond donors (Lipinski definition) is 1. The van der Waals surface area contributed by atoms with Gasteiger partial charge in [0, 0.05) is 5.97 Å². The Morgan fingerprint density at radius 3 is 2.50 bits per heavy atom. The predicted octanol–water partition coefficient (Wildman–Crippen LogP) is 0.389. The molecule has 76 valence electrons. The van der Waals surface area contributed by atoms with Crippen molar-refractivity contribution in [3.05, 3.63) is 35.6 Å². The molecule has 1 aromatic carbocycles. The van der Waals surface area contributed by atoms with Crippen molar-refractivity contribution in [1.29, 1.82) is 0 Å². The van der Waals surface area contributed by atoms with Crippen LogP contribution in [0, 0.1) is 5.82 Å². The third kappa shape index (κ3) is 3.14. The number of aliphatic hydroxyl groups excluding tert-OH is 1. The van der Waals surface area contributed by atoms with Crippen molar-refractivity contribution in [2.24, 2.45) is 0 Å². The van der Waals surface area contributed by atoms with Crippen LogP contribution in [-0.2, 0) is 4.79 Å². The van der Waals surface area contributed by atoms with Gasteiger partial charge in [0.25, 0.3) is 0 Å². The molecule has 0 aliphatic rings. The molecule has 0 aliphatic heterocycles. The molecule has 14 heavy (non-hydrogen) atoms. The molecule has 0 aliphatic carbocycles. The number of aliphatic hydroxyl groups is 1. The average molecular weight is 197 g/mol. The summed E-state index contributed by atoms with van der Waals surface area (Å²) < 4.78 is 12.5. The van der Waals surface area contributed by atoms with Gasteiger partial charge in [0.1, 0.15) is 5.82 Å². The standard InChI is InChI=1S/C10H11FO3/c11-8-3-1-7(2-4-8)9(12)5-6-10(13)14/h1-4,9,12H,5-6H2,(H,13,14)/p-1/t9-/m1/s1. The van der Waals surface area contributed by atoms with Gasteiger partial charge in [0.15, 0.2) is 0 Å². The predicted molar refractivity (Wildman–Crippen MR) is 45.6 cm³/mol. The van der Waals surface area contributed by atoms with Crippen LogP contribution in [0.2, 0.25) is 0 Å². The van der Waals surface area contributed by atoms with E-state index < -0.39 is 12.1 Å². The first-order valence-electron chi connectivity index (χ1n) is 4.23. The van der Waals surface area contributed by atoms with E-state index in [-0.39, 0.29) is 18.7 Å². The second kappa shape index (κ2) is 4.72. The SMILES string of the molecule is O=C([O-])CC[C@@H](O)c1ccc(F)cc1. The molecule has 1 N–H and O–H groups in total. The molecule has 0 spiro atoms. The highest BCUT2D eigenvalue weighted by molar-refractivity contribution is 5.64. The zero-order valence-corrected chi connectivity index (χ0v) is 7.44. The van der Waals surface area contributed by atoms with E-state index in [4.69, 9.17) is 0 Å². The smallest absolute Gasteiger partial charge is 0.123 e. The van der Waals surface area contributed by atoms with Gasteiger partial charge in [-0.15, -0.1) is 0 Å². The molecule has 1 rings (SSSR count). The van der Waals surface area contributed by atoms with E-state index in [1.165, 1.54) is 24.3 Å². The molecule has 4 heteroatoms. The molecule has 0 radical (unpaired) electrons. The molecule has 0 aromatic heterocycles. The third-order valence-corrected chi connectivity index (χ3v) is 1.88. The number of carboxylic acid groups (broad SMARTS) is 1. The minimum atomic E-state index is -1.20. The zero-order chi connectivity index (χ0) is 10.6. The first kappa shape index (κ1) is 10.7. The van der Waals surface area contributed by atoms with Crippen molar-refractivity contribution in [2.75, 3.05) is 0 Å². The van der Waals surface area contributed by atoms with E-state index in [9.17, 15) is 19.4 Å². The lowest BCUT2D eigenvalue weighted by atomic mass is 10.1. The number of benzene rings is 1. The Morgan fingerprint density at radius 1 is 1.43 bits per heavy atom. The lowest BCUT2D eigenvalue weighted by Gasteiger charge is -2.10. The molecular formula is C10H10FO3-. The summed E-state index contributed by atoms with van der Waals surface area (Å²) in [5.74, 6) is -1.59. The second-order valence-corrected chi connectivity index (χ2v) is 2.98. The van der Waals surface area contributed by atoms with Crippen molar-refractivity contribution >= 4 is 5.97 Å². The Balaban J connectivity index is 2.56. The summed E-state index contributed by atoms with van der Waals surface area (Å²) in [7, 11) is 0. The fourth-order valence-corrected chi connectivity index (χ4v) is 1.11. The van der Waals surface area contributed by atoms with Crippen molar-refractivity contribution in [2.45, 2.75) is 18.9 Å². The summed E-state index contributed by atoms with van der Waals surface area (Å²) in [4.78, 5) is 10.1. The largest absolute Gasteiger partial charge is 0.550 e. The number of carbonyl (C=O) groups excluding carboxylic acids is 1. The van der Waals surface area contributed by atoms with Gasteiger partial charge in [0.05, 0.1) is 6.10 Å². The van der Waals surface area contributed by atoms with Crippen LogP contribution < -0.4 is 5.11 Å². The lowest BCUT2D eigenvalue weighted by molar-refractivity contribution is -0.306. The first-order valence-corrected chi connectivity index (χ1v) is 4.23. The van der Waals surface area contributed by atoms with Gasteiger partial charge in [-0.1, -0.05) is 12.1 Å². The number of hydrogen-bond acceptors (Lipinski definition) is 3. The third-order valence-electron chi connectivity index (χ3n) is 1.88. The highest BCUT2D eigenvalue weighted by atomic mass is 19.1. The van der Waals surface area contributed by atoms with Crippen LogP contribution in [0.4, 0.5) is 4.39 Å². The number of halogens is 1. The van der Waals surface area contributed by atoms with E-state index in [1.807, 2.05) is 0 Å². The Labute approximate surface area is 80.8 Å². The quantitative estimate of drug-likeness (QED) is 0.759. The number of aliphatic carboxylic acids is 1. The maximum atomic E-state index is 12.5. The molecule has 0 bridgehead atoms. The summed E-state index contributed by atoms with van der Waals surface area (Å²) in [5.41, 5.74) is 0.507. The van der Waals surface area contributed by atoms with E-state index in [2.05, 4.69) is 0 Å². The van der Waals surface area contributed by atoms with Crippen LogP contribution >= 0.6 is 0 Å². The monoisotopic (exact) mass is 197 g/mol.